The fraction of sp³-hybridized carbons (Fsp3) is 0.529. The lowest BCUT2D eigenvalue weighted by Crippen LogP contribution is -2.40. The van der Waals surface area contributed by atoms with E-state index >= 15 is 0 Å². The third-order valence-electron chi connectivity index (χ3n) is 4.36. The van der Waals surface area contributed by atoms with Crippen molar-refractivity contribution in [3.05, 3.63) is 40.9 Å². The summed E-state index contributed by atoms with van der Waals surface area (Å²) in [5, 5.41) is 14.4. The maximum Gasteiger partial charge on any atom is 0.437 e. The zero-order valence-electron chi connectivity index (χ0n) is 13.4. The molecule has 2 aromatic rings. The molecule has 0 spiro atoms. The van der Waals surface area contributed by atoms with Crippen molar-refractivity contribution >= 4 is 0 Å². The van der Waals surface area contributed by atoms with Crippen LogP contribution in [0.25, 0.3) is 11.5 Å². The van der Waals surface area contributed by atoms with Crippen LogP contribution in [-0.4, -0.2) is 45.5 Å². The maximum atomic E-state index is 11.9. The number of hydrogen-bond acceptors (Lipinski definition) is 5. The van der Waals surface area contributed by atoms with Crippen LogP contribution in [0, 0.1) is 5.92 Å². The molecule has 0 amide bonds. The molecule has 1 aromatic heterocycles. The highest BCUT2D eigenvalue weighted by Crippen LogP contribution is 2.16. The van der Waals surface area contributed by atoms with Gasteiger partial charge in [-0.1, -0.05) is 25.1 Å². The topological polar surface area (TPSA) is 71.5 Å². The molecule has 0 saturated carbocycles. The van der Waals surface area contributed by atoms with Crippen LogP contribution in [-0.2, 0) is 6.54 Å². The molecule has 1 atom stereocenters. The molecule has 0 radical (unpaired) electrons. The first-order valence-corrected chi connectivity index (χ1v) is 8.15. The second-order valence-corrected chi connectivity index (χ2v) is 6.36. The molecule has 1 aliphatic heterocycles. The Morgan fingerprint density at radius 3 is 2.65 bits per heavy atom. The van der Waals surface area contributed by atoms with E-state index in [-0.39, 0.29) is 12.4 Å². The van der Waals surface area contributed by atoms with Crippen molar-refractivity contribution in [1.29, 1.82) is 0 Å². The number of likely N-dealkylation sites (tertiary alicyclic amines) is 1. The molecular formula is C17H23N3O3. The number of β-amino-alcohol motifs (C(OH)–C–C–N with tert-alkyl or cyclic N) is 1. The Morgan fingerprint density at radius 2 is 1.96 bits per heavy atom. The van der Waals surface area contributed by atoms with Crippen LogP contribution < -0.4 is 5.76 Å². The normalized spacial score (nSPS) is 18.2. The third-order valence-corrected chi connectivity index (χ3v) is 4.36. The summed E-state index contributed by atoms with van der Waals surface area (Å²) in [5.41, 5.74) is 0.753. The first kappa shape index (κ1) is 16.0. The van der Waals surface area contributed by atoms with Gasteiger partial charge < -0.3 is 14.4 Å². The van der Waals surface area contributed by atoms with Crippen LogP contribution in [0.4, 0.5) is 0 Å². The fourth-order valence-electron chi connectivity index (χ4n) is 2.92. The number of aliphatic hydroxyl groups is 1. The molecule has 2 heterocycles. The third kappa shape index (κ3) is 4.09. The van der Waals surface area contributed by atoms with E-state index in [9.17, 15) is 9.90 Å². The van der Waals surface area contributed by atoms with Crippen molar-refractivity contribution in [2.24, 2.45) is 5.92 Å². The van der Waals surface area contributed by atoms with Crippen LogP contribution in [0.2, 0.25) is 0 Å². The Bertz CT molecular complexity index is 672. The molecule has 6 heteroatoms. The van der Waals surface area contributed by atoms with Crippen molar-refractivity contribution in [1.82, 2.24) is 14.7 Å². The van der Waals surface area contributed by atoms with Crippen LogP contribution in [0.1, 0.15) is 19.8 Å². The van der Waals surface area contributed by atoms with Gasteiger partial charge in [0.2, 0.25) is 5.89 Å². The van der Waals surface area contributed by atoms with E-state index in [0.717, 1.165) is 37.4 Å². The summed E-state index contributed by atoms with van der Waals surface area (Å²) in [5.74, 6) is 0.514. The summed E-state index contributed by atoms with van der Waals surface area (Å²) in [4.78, 5) is 14.1. The highest BCUT2D eigenvalue weighted by molar-refractivity contribution is 5.51. The van der Waals surface area contributed by atoms with Crippen LogP contribution >= 0.6 is 0 Å². The maximum absolute atomic E-state index is 11.9. The van der Waals surface area contributed by atoms with Crippen molar-refractivity contribution in [3.8, 4) is 11.5 Å². The molecule has 1 aromatic carbocycles. The van der Waals surface area contributed by atoms with E-state index < -0.39 is 11.9 Å². The Balaban J connectivity index is 1.61. The van der Waals surface area contributed by atoms with E-state index in [2.05, 4.69) is 16.9 Å². The standard InChI is InChI=1S/C17H23N3O3/c1-13-7-9-19(10-8-13)11-15(21)12-20-17(22)23-16(18-20)14-5-3-2-4-6-14/h2-6,13,15,21H,7-12H2,1H3. The zero-order valence-corrected chi connectivity index (χ0v) is 13.4. The molecule has 3 rings (SSSR count). The zero-order chi connectivity index (χ0) is 16.2. The van der Waals surface area contributed by atoms with Gasteiger partial charge in [-0.05, 0) is 44.0 Å². The number of piperidine rings is 1. The van der Waals surface area contributed by atoms with Gasteiger partial charge in [-0.2, -0.15) is 4.68 Å². The Labute approximate surface area is 135 Å². The number of aromatic nitrogens is 2. The average molecular weight is 317 g/mol. The van der Waals surface area contributed by atoms with Crippen molar-refractivity contribution in [3.63, 3.8) is 0 Å². The molecule has 1 N–H and O–H groups in total. The Kier molecular flexibility index (Phi) is 4.93. The molecule has 1 fully saturated rings. The quantitative estimate of drug-likeness (QED) is 0.907. The largest absolute Gasteiger partial charge is 0.437 e. The van der Waals surface area contributed by atoms with Gasteiger partial charge in [0.15, 0.2) is 0 Å². The number of nitrogens with zero attached hydrogens (tertiary/aromatic N) is 3. The lowest BCUT2D eigenvalue weighted by Gasteiger charge is -2.31. The smallest absolute Gasteiger partial charge is 0.390 e. The number of benzene rings is 1. The predicted octanol–water partition coefficient (Wildman–Crippen LogP) is 1.60. The lowest BCUT2D eigenvalue weighted by atomic mass is 9.99. The van der Waals surface area contributed by atoms with Crippen molar-refractivity contribution in [2.45, 2.75) is 32.4 Å². The minimum atomic E-state index is -0.630. The van der Waals surface area contributed by atoms with E-state index in [1.165, 1.54) is 4.68 Å². The number of rotatable bonds is 5. The van der Waals surface area contributed by atoms with Gasteiger partial charge in [-0.15, -0.1) is 5.10 Å². The highest BCUT2D eigenvalue weighted by atomic mass is 16.4. The van der Waals surface area contributed by atoms with Gasteiger partial charge in [-0.25, -0.2) is 4.79 Å². The molecule has 1 saturated heterocycles. The van der Waals surface area contributed by atoms with E-state index in [1.54, 1.807) is 0 Å². The van der Waals surface area contributed by atoms with Crippen LogP contribution in [0.3, 0.4) is 0 Å². The van der Waals surface area contributed by atoms with Crippen molar-refractivity contribution < 1.29 is 9.52 Å². The monoisotopic (exact) mass is 317 g/mol. The minimum absolute atomic E-state index is 0.154. The summed E-state index contributed by atoms with van der Waals surface area (Å²) in [7, 11) is 0. The molecule has 0 bridgehead atoms. The van der Waals surface area contributed by atoms with Gasteiger partial charge in [0, 0.05) is 12.1 Å². The Morgan fingerprint density at radius 1 is 1.26 bits per heavy atom. The summed E-state index contributed by atoms with van der Waals surface area (Å²) in [6.45, 7) is 4.98. The molecule has 1 aliphatic rings. The van der Waals surface area contributed by atoms with E-state index in [4.69, 9.17) is 4.42 Å². The molecular weight excluding hydrogens is 294 g/mol. The van der Waals surface area contributed by atoms with Gasteiger partial charge in [-0.3, -0.25) is 0 Å². The van der Waals surface area contributed by atoms with Gasteiger partial charge in [0.05, 0.1) is 12.6 Å². The SMILES string of the molecule is CC1CCN(CC(O)Cn2nc(-c3ccccc3)oc2=O)CC1. The van der Waals surface area contributed by atoms with Crippen LogP contribution in [0.15, 0.2) is 39.5 Å². The average Bonchev–Trinajstić information content (AvgIpc) is 2.91. The lowest BCUT2D eigenvalue weighted by molar-refractivity contribution is 0.0763. The number of aliphatic hydroxyl groups excluding tert-OH is 1. The molecule has 124 valence electrons. The first-order valence-electron chi connectivity index (χ1n) is 8.15. The van der Waals surface area contributed by atoms with Gasteiger partial charge in [0.25, 0.3) is 0 Å². The highest BCUT2D eigenvalue weighted by Gasteiger charge is 2.20. The van der Waals surface area contributed by atoms with Crippen LogP contribution in [0.5, 0.6) is 0 Å². The second kappa shape index (κ2) is 7.10. The fourth-order valence-corrected chi connectivity index (χ4v) is 2.92. The summed E-state index contributed by atoms with van der Waals surface area (Å²) in [6, 6.07) is 9.28. The number of hydrogen-bond donors (Lipinski definition) is 1. The van der Waals surface area contributed by atoms with E-state index in [1.807, 2.05) is 30.3 Å². The summed E-state index contributed by atoms with van der Waals surface area (Å²) >= 11 is 0. The second-order valence-electron chi connectivity index (χ2n) is 6.36. The Hall–Kier alpha value is -1.92. The van der Waals surface area contributed by atoms with Crippen molar-refractivity contribution in [2.75, 3.05) is 19.6 Å². The summed E-state index contributed by atoms with van der Waals surface area (Å²) in [6.07, 6.45) is 1.69. The predicted molar refractivity (Wildman–Crippen MR) is 87.0 cm³/mol. The van der Waals surface area contributed by atoms with Gasteiger partial charge in [0.1, 0.15) is 0 Å². The minimum Gasteiger partial charge on any atom is -0.390 e. The van der Waals surface area contributed by atoms with Gasteiger partial charge >= 0.3 is 5.76 Å². The summed E-state index contributed by atoms with van der Waals surface area (Å²) < 4.78 is 6.39. The molecule has 1 unspecified atom stereocenters. The molecule has 23 heavy (non-hydrogen) atoms. The van der Waals surface area contributed by atoms with E-state index in [0.29, 0.717) is 6.54 Å². The first-order chi connectivity index (χ1) is 11.1. The molecule has 6 nitrogen and oxygen atoms in total. The molecule has 0 aliphatic carbocycles.